The highest BCUT2D eigenvalue weighted by atomic mass is 16.4. The molecule has 0 saturated carbocycles. The molecule has 2 rings (SSSR count). The van der Waals surface area contributed by atoms with Gasteiger partial charge in [-0.1, -0.05) is 19.1 Å². The molecule has 21 heavy (non-hydrogen) atoms. The van der Waals surface area contributed by atoms with Gasteiger partial charge in [0.25, 0.3) is 0 Å². The second-order valence-electron chi connectivity index (χ2n) is 5.79. The van der Waals surface area contributed by atoms with Crippen LogP contribution in [0.3, 0.4) is 0 Å². The fourth-order valence-corrected chi connectivity index (χ4v) is 2.96. The zero-order chi connectivity index (χ0) is 15.4. The summed E-state index contributed by atoms with van der Waals surface area (Å²) in [4.78, 5) is 25.3. The number of likely N-dealkylation sites (tertiary alicyclic amines) is 1. The number of carboxylic acids is 1. The van der Waals surface area contributed by atoms with E-state index in [2.05, 4.69) is 5.32 Å². The maximum absolute atomic E-state index is 12.1. The average molecular weight is 290 g/mol. The Morgan fingerprint density at radius 2 is 2.19 bits per heavy atom. The van der Waals surface area contributed by atoms with Crippen molar-refractivity contribution in [1.29, 1.82) is 0 Å². The molecular formula is C16H22N2O3. The highest BCUT2D eigenvalue weighted by Crippen LogP contribution is 2.23. The molecule has 1 aromatic rings. The minimum absolute atomic E-state index is 0.0722. The highest BCUT2D eigenvalue weighted by Gasteiger charge is 2.34. The largest absolute Gasteiger partial charge is 0.480 e. The van der Waals surface area contributed by atoms with E-state index in [4.69, 9.17) is 0 Å². The van der Waals surface area contributed by atoms with Gasteiger partial charge in [-0.25, -0.2) is 0 Å². The van der Waals surface area contributed by atoms with E-state index in [1.807, 2.05) is 38.1 Å². The van der Waals surface area contributed by atoms with Crippen molar-refractivity contribution in [2.75, 3.05) is 18.4 Å². The van der Waals surface area contributed by atoms with Gasteiger partial charge in [-0.2, -0.15) is 0 Å². The Hall–Kier alpha value is -1.88. The zero-order valence-corrected chi connectivity index (χ0v) is 12.5. The number of carbonyl (C=O) groups is 2. The summed E-state index contributed by atoms with van der Waals surface area (Å²) in [7, 11) is 0. The Balaban J connectivity index is 1.99. The molecule has 1 amide bonds. The Labute approximate surface area is 125 Å². The van der Waals surface area contributed by atoms with E-state index < -0.39 is 12.0 Å². The Morgan fingerprint density at radius 3 is 2.86 bits per heavy atom. The van der Waals surface area contributed by atoms with Crippen LogP contribution in [0.5, 0.6) is 0 Å². The fourth-order valence-electron chi connectivity index (χ4n) is 2.96. The molecule has 1 aliphatic rings. The molecule has 1 heterocycles. The molecule has 0 radical (unpaired) electrons. The number of nitrogens with one attached hydrogen (secondary N) is 1. The van der Waals surface area contributed by atoms with Crippen LogP contribution >= 0.6 is 0 Å². The first kappa shape index (κ1) is 15.5. The second-order valence-corrected chi connectivity index (χ2v) is 5.79. The lowest BCUT2D eigenvalue weighted by Crippen LogP contribution is -2.51. The molecule has 5 nitrogen and oxygen atoms in total. The topological polar surface area (TPSA) is 69.6 Å². The summed E-state index contributed by atoms with van der Waals surface area (Å²) in [6.45, 7) is 4.67. The number of rotatable bonds is 4. The van der Waals surface area contributed by atoms with Crippen LogP contribution in [0.25, 0.3) is 0 Å². The number of anilines is 1. The van der Waals surface area contributed by atoms with Crippen LogP contribution in [-0.4, -0.2) is 41.0 Å². The molecule has 1 fully saturated rings. The summed E-state index contributed by atoms with van der Waals surface area (Å²) in [5, 5.41) is 12.2. The standard InChI is InChI=1S/C16H22N2O3/c1-11-5-3-7-13(9-11)17-14(19)10-18-8-4-6-12(2)15(18)16(20)21/h3,5,7,9,12,15H,4,6,8,10H2,1-2H3,(H,17,19)(H,20,21). The van der Waals surface area contributed by atoms with Gasteiger partial charge >= 0.3 is 5.97 Å². The maximum Gasteiger partial charge on any atom is 0.321 e. The SMILES string of the molecule is Cc1cccc(NC(=O)CN2CCCC(C)C2C(=O)O)c1. The summed E-state index contributed by atoms with van der Waals surface area (Å²) in [6, 6.07) is 7.00. The molecule has 2 unspecified atom stereocenters. The Morgan fingerprint density at radius 1 is 1.43 bits per heavy atom. The minimum atomic E-state index is -0.842. The third-order valence-corrected chi connectivity index (χ3v) is 3.94. The number of nitrogens with zero attached hydrogens (tertiary/aromatic N) is 1. The fraction of sp³-hybridized carbons (Fsp3) is 0.500. The van der Waals surface area contributed by atoms with E-state index in [1.54, 1.807) is 4.90 Å². The van der Waals surface area contributed by atoms with E-state index in [1.165, 1.54) is 0 Å². The van der Waals surface area contributed by atoms with Gasteiger partial charge in [0.05, 0.1) is 6.54 Å². The third-order valence-electron chi connectivity index (χ3n) is 3.94. The molecule has 114 valence electrons. The number of hydrogen-bond acceptors (Lipinski definition) is 3. The summed E-state index contributed by atoms with van der Waals surface area (Å²) >= 11 is 0. The second kappa shape index (κ2) is 6.72. The van der Waals surface area contributed by atoms with E-state index in [9.17, 15) is 14.7 Å². The first-order chi connectivity index (χ1) is 9.97. The first-order valence-electron chi connectivity index (χ1n) is 7.31. The molecule has 1 saturated heterocycles. The average Bonchev–Trinajstić information content (AvgIpc) is 2.37. The van der Waals surface area contributed by atoms with E-state index in [0.29, 0.717) is 6.54 Å². The molecular weight excluding hydrogens is 268 g/mol. The molecule has 5 heteroatoms. The van der Waals surface area contributed by atoms with Gasteiger partial charge in [-0.3, -0.25) is 14.5 Å². The number of hydrogen-bond donors (Lipinski definition) is 2. The number of benzene rings is 1. The molecule has 0 bridgehead atoms. The van der Waals surface area contributed by atoms with Crippen molar-refractivity contribution in [3.63, 3.8) is 0 Å². The van der Waals surface area contributed by atoms with Crippen LogP contribution in [-0.2, 0) is 9.59 Å². The maximum atomic E-state index is 12.1. The van der Waals surface area contributed by atoms with Crippen molar-refractivity contribution in [3.05, 3.63) is 29.8 Å². The van der Waals surface area contributed by atoms with Crippen LogP contribution in [0.2, 0.25) is 0 Å². The monoisotopic (exact) mass is 290 g/mol. The van der Waals surface area contributed by atoms with Gasteiger partial charge in [0.1, 0.15) is 6.04 Å². The summed E-state index contributed by atoms with van der Waals surface area (Å²) in [5.74, 6) is -0.936. The lowest BCUT2D eigenvalue weighted by atomic mass is 9.91. The summed E-state index contributed by atoms with van der Waals surface area (Å²) < 4.78 is 0. The molecule has 0 aromatic heterocycles. The van der Waals surface area contributed by atoms with Crippen LogP contribution in [0.1, 0.15) is 25.3 Å². The smallest absolute Gasteiger partial charge is 0.321 e. The van der Waals surface area contributed by atoms with Crippen LogP contribution in [0.15, 0.2) is 24.3 Å². The normalized spacial score (nSPS) is 22.8. The summed E-state index contributed by atoms with van der Waals surface area (Å²) in [6.07, 6.45) is 1.83. The van der Waals surface area contributed by atoms with Crippen molar-refractivity contribution < 1.29 is 14.7 Å². The molecule has 2 atom stereocenters. The van der Waals surface area contributed by atoms with Crippen LogP contribution < -0.4 is 5.32 Å². The number of carboxylic acid groups (broad SMARTS) is 1. The predicted molar refractivity (Wildman–Crippen MR) is 81.2 cm³/mol. The van der Waals surface area contributed by atoms with Crippen LogP contribution in [0, 0.1) is 12.8 Å². The van der Waals surface area contributed by atoms with Gasteiger partial charge in [0.2, 0.25) is 5.91 Å². The van der Waals surface area contributed by atoms with Gasteiger partial charge in [-0.05, 0) is 49.9 Å². The molecule has 1 aliphatic heterocycles. The van der Waals surface area contributed by atoms with Gasteiger partial charge < -0.3 is 10.4 Å². The van der Waals surface area contributed by atoms with E-state index in [0.717, 1.165) is 24.1 Å². The number of aliphatic carboxylic acids is 1. The quantitative estimate of drug-likeness (QED) is 0.891. The van der Waals surface area contributed by atoms with E-state index >= 15 is 0 Å². The zero-order valence-electron chi connectivity index (χ0n) is 12.5. The Kier molecular flexibility index (Phi) is 4.96. The molecule has 0 aliphatic carbocycles. The van der Waals surface area contributed by atoms with Crippen molar-refractivity contribution in [1.82, 2.24) is 4.90 Å². The van der Waals surface area contributed by atoms with E-state index in [-0.39, 0.29) is 18.4 Å². The van der Waals surface area contributed by atoms with Crippen molar-refractivity contribution >= 4 is 17.6 Å². The van der Waals surface area contributed by atoms with Crippen molar-refractivity contribution in [2.24, 2.45) is 5.92 Å². The van der Waals surface area contributed by atoms with Crippen LogP contribution in [0.4, 0.5) is 5.69 Å². The van der Waals surface area contributed by atoms with Gasteiger partial charge in [0.15, 0.2) is 0 Å². The highest BCUT2D eigenvalue weighted by molar-refractivity contribution is 5.92. The van der Waals surface area contributed by atoms with Gasteiger partial charge in [-0.15, -0.1) is 0 Å². The first-order valence-corrected chi connectivity index (χ1v) is 7.31. The van der Waals surface area contributed by atoms with Gasteiger partial charge in [0, 0.05) is 5.69 Å². The third kappa shape index (κ3) is 4.04. The van der Waals surface area contributed by atoms with Crippen molar-refractivity contribution in [2.45, 2.75) is 32.7 Å². The number of amides is 1. The minimum Gasteiger partial charge on any atom is -0.480 e. The predicted octanol–water partition coefficient (Wildman–Crippen LogP) is 2.12. The lowest BCUT2D eigenvalue weighted by molar-refractivity contribution is -0.147. The molecule has 0 spiro atoms. The Bertz CT molecular complexity index is 530. The molecule has 2 N–H and O–H groups in total. The molecule has 1 aromatic carbocycles. The summed E-state index contributed by atoms with van der Waals surface area (Å²) in [5.41, 5.74) is 1.82. The number of piperidine rings is 1. The van der Waals surface area contributed by atoms with Crippen molar-refractivity contribution in [3.8, 4) is 0 Å². The lowest BCUT2D eigenvalue weighted by Gasteiger charge is -2.36. The number of aryl methyl sites for hydroxylation is 1. The number of carbonyl (C=O) groups excluding carboxylic acids is 1.